The topological polar surface area (TPSA) is 55.4 Å². The molecule has 0 aromatic carbocycles. The molecule has 1 aliphatic heterocycles. The van der Waals surface area contributed by atoms with Gasteiger partial charge in [0.25, 0.3) is 0 Å². The van der Waals surface area contributed by atoms with Crippen LogP contribution in [0.15, 0.2) is 0 Å². The molecule has 0 amide bonds. The smallest absolute Gasteiger partial charge is 0.152 e. The summed E-state index contributed by atoms with van der Waals surface area (Å²) in [6.45, 7) is 6.10. The van der Waals surface area contributed by atoms with Gasteiger partial charge >= 0.3 is 0 Å². The van der Waals surface area contributed by atoms with Crippen LogP contribution >= 0.6 is 0 Å². The van der Waals surface area contributed by atoms with Crippen LogP contribution in [-0.4, -0.2) is 45.2 Å². The summed E-state index contributed by atoms with van der Waals surface area (Å²) in [6.07, 6.45) is 2.78. The van der Waals surface area contributed by atoms with Crippen molar-refractivity contribution >= 4 is 9.84 Å². The quantitative estimate of drug-likeness (QED) is 0.762. The molecule has 1 atom stereocenters. The van der Waals surface area contributed by atoms with Gasteiger partial charge in [0.2, 0.25) is 0 Å². The lowest BCUT2D eigenvalue weighted by Crippen LogP contribution is -2.46. The molecule has 1 heterocycles. The average Bonchev–Trinajstić information content (AvgIpc) is 2.17. The summed E-state index contributed by atoms with van der Waals surface area (Å²) in [5, 5.41) is 3.27. The van der Waals surface area contributed by atoms with Gasteiger partial charge in [0, 0.05) is 12.3 Å². The Hall–Kier alpha value is -0.130. The first kappa shape index (κ1) is 13.9. The lowest BCUT2D eigenvalue weighted by atomic mass is 9.96. The van der Waals surface area contributed by atoms with Gasteiger partial charge in [0.05, 0.1) is 18.0 Å². The van der Waals surface area contributed by atoms with Gasteiger partial charge in [-0.1, -0.05) is 6.92 Å². The zero-order valence-electron chi connectivity index (χ0n) is 10.3. The van der Waals surface area contributed by atoms with Gasteiger partial charge in [0.15, 0.2) is 9.84 Å². The van der Waals surface area contributed by atoms with Crippen LogP contribution in [0, 0.1) is 0 Å². The number of hydrogen-bond acceptors (Lipinski definition) is 4. The Morgan fingerprint density at radius 1 is 1.38 bits per heavy atom. The maximum Gasteiger partial charge on any atom is 0.152 e. The van der Waals surface area contributed by atoms with Crippen molar-refractivity contribution in [1.29, 1.82) is 0 Å². The molecule has 5 heteroatoms. The third-order valence-corrected chi connectivity index (χ3v) is 4.74. The Morgan fingerprint density at radius 2 is 2.12 bits per heavy atom. The molecule has 1 saturated heterocycles. The van der Waals surface area contributed by atoms with Crippen LogP contribution < -0.4 is 5.32 Å². The van der Waals surface area contributed by atoms with Gasteiger partial charge in [0.1, 0.15) is 0 Å². The van der Waals surface area contributed by atoms with E-state index in [2.05, 4.69) is 5.32 Å². The van der Waals surface area contributed by atoms with Crippen molar-refractivity contribution in [2.75, 3.05) is 31.2 Å². The fourth-order valence-electron chi connectivity index (χ4n) is 1.98. The largest absolute Gasteiger partial charge is 0.373 e. The van der Waals surface area contributed by atoms with E-state index in [0.29, 0.717) is 13.0 Å². The second kappa shape index (κ2) is 5.98. The summed E-state index contributed by atoms with van der Waals surface area (Å²) in [5.41, 5.74) is -0.181. The minimum atomic E-state index is -2.90. The standard InChI is InChI=1S/C11H23NO3S/c1-3-8-16(13,14)9-7-15-11(2)5-4-6-12-10-11/h12H,3-10H2,1-2H3. The van der Waals surface area contributed by atoms with Gasteiger partial charge in [-0.05, 0) is 32.7 Å². The molecule has 0 aliphatic carbocycles. The number of hydrogen-bond donors (Lipinski definition) is 1. The highest BCUT2D eigenvalue weighted by Gasteiger charge is 2.27. The lowest BCUT2D eigenvalue weighted by molar-refractivity contribution is -0.0391. The second-order valence-electron chi connectivity index (χ2n) is 4.73. The molecule has 0 spiro atoms. The zero-order valence-corrected chi connectivity index (χ0v) is 11.1. The molecule has 4 nitrogen and oxygen atoms in total. The third kappa shape index (κ3) is 4.80. The van der Waals surface area contributed by atoms with Crippen LogP contribution in [0.2, 0.25) is 0 Å². The van der Waals surface area contributed by atoms with E-state index in [1.165, 1.54) is 0 Å². The number of rotatable bonds is 6. The van der Waals surface area contributed by atoms with Gasteiger partial charge in [-0.2, -0.15) is 0 Å². The van der Waals surface area contributed by atoms with E-state index in [0.717, 1.165) is 25.9 Å². The van der Waals surface area contributed by atoms with Crippen molar-refractivity contribution in [2.24, 2.45) is 0 Å². The molecule has 0 saturated carbocycles. The van der Waals surface area contributed by atoms with Crippen molar-refractivity contribution in [3.63, 3.8) is 0 Å². The van der Waals surface area contributed by atoms with E-state index in [-0.39, 0.29) is 17.1 Å². The average molecular weight is 249 g/mol. The summed E-state index contributed by atoms with van der Waals surface area (Å²) in [7, 11) is -2.90. The highest BCUT2D eigenvalue weighted by Crippen LogP contribution is 2.19. The van der Waals surface area contributed by atoms with Crippen LogP contribution in [0.5, 0.6) is 0 Å². The van der Waals surface area contributed by atoms with E-state index >= 15 is 0 Å². The monoisotopic (exact) mass is 249 g/mol. The number of sulfone groups is 1. The molecule has 0 aromatic heterocycles. The van der Waals surface area contributed by atoms with Crippen molar-refractivity contribution in [1.82, 2.24) is 5.32 Å². The maximum atomic E-state index is 11.5. The maximum absolute atomic E-state index is 11.5. The summed E-state index contributed by atoms with van der Waals surface area (Å²) in [4.78, 5) is 0. The minimum absolute atomic E-state index is 0.149. The van der Waals surface area contributed by atoms with Gasteiger partial charge in [-0.25, -0.2) is 8.42 Å². The van der Waals surface area contributed by atoms with E-state index < -0.39 is 9.84 Å². The van der Waals surface area contributed by atoms with E-state index in [1.54, 1.807) is 0 Å². The first-order valence-corrected chi connectivity index (χ1v) is 7.85. The molecule has 0 bridgehead atoms. The van der Waals surface area contributed by atoms with Crippen molar-refractivity contribution in [3.8, 4) is 0 Å². The van der Waals surface area contributed by atoms with E-state index in [9.17, 15) is 8.42 Å². The normalized spacial score (nSPS) is 26.9. The van der Waals surface area contributed by atoms with Gasteiger partial charge < -0.3 is 10.1 Å². The first-order valence-electron chi connectivity index (χ1n) is 6.02. The number of nitrogens with one attached hydrogen (secondary N) is 1. The SMILES string of the molecule is CCCS(=O)(=O)CCOC1(C)CCCNC1. The Balaban J connectivity index is 2.29. The predicted molar refractivity (Wildman–Crippen MR) is 65.4 cm³/mol. The highest BCUT2D eigenvalue weighted by atomic mass is 32.2. The van der Waals surface area contributed by atoms with E-state index in [4.69, 9.17) is 4.74 Å². The third-order valence-electron chi connectivity index (χ3n) is 2.92. The Bertz CT molecular complexity index is 294. The van der Waals surface area contributed by atoms with Crippen LogP contribution in [0.3, 0.4) is 0 Å². The van der Waals surface area contributed by atoms with Crippen LogP contribution in [0.25, 0.3) is 0 Å². The lowest BCUT2D eigenvalue weighted by Gasteiger charge is -2.34. The zero-order chi connectivity index (χ0) is 12.1. The number of piperidine rings is 1. The Labute approximate surface area is 98.7 Å². The highest BCUT2D eigenvalue weighted by molar-refractivity contribution is 7.91. The second-order valence-corrected chi connectivity index (χ2v) is 7.03. The first-order chi connectivity index (χ1) is 7.47. The molecule has 1 fully saturated rings. The Kier molecular flexibility index (Phi) is 5.21. The van der Waals surface area contributed by atoms with Gasteiger partial charge in [-0.15, -0.1) is 0 Å². The molecule has 0 aromatic rings. The fraction of sp³-hybridized carbons (Fsp3) is 1.00. The van der Waals surface area contributed by atoms with Crippen molar-refractivity contribution in [3.05, 3.63) is 0 Å². The summed E-state index contributed by atoms with van der Waals surface area (Å²) < 4.78 is 28.7. The molecular weight excluding hydrogens is 226 g/mol. The summed E-state index contributed by atoms with van der Waals surface area (Å²) in [6, 6.07) is 0. The Morgan fingerprint density at radius 3 is 2.69 bits per heavy atom. The van der Waals surface area contributed by atoms with Crippen LogP contribution in [0.1, 0.15) is 33.1 Å². The molecule has 1 aliphatic rings. The molecule has 1 rings (SSSR count). The van der Waals surface area contributed by atoms with Crippen LogP contribution in [0.4, 0.5) is 0 Å². The molecule has 96 valence electrons. The molecule has 1 N–H and O–H groups in total. The summed E-state index contributed by atoms with van der Waals surface area (Å²) in [5.74, 6) is 0.418. The van der Waals surface area contributed by atoms with E-state index in [1.807, 2.05) is 13.8 Å². The van der Waals surface area contributed by atoms with Gasteiger partial charge in [-0.3, -0.25) is 0 Å². The minimum Gasteiger partial charge on any atom is -0.373 e. The number of ether oxygens (including phenoxy) is 1. The molecule has 0 radical (unpaired) electrons. The molecule has 1 unspecified atom stereocenters. The van der Waals surface area contributed by atoms with Crippen molar-refractivity contribution < 1.29 is 13.2 Å². The predicted octanol–water partition coefficient (Wildman–Crippen LogP) is 0.970. The molecule has 16 heavy (non-hydrogen) atoms. The van der Waals surface area contributed by atoms with Crippen molar-refractivity contribution in [2.45, 2.75) is 38.7 Å². The molecular formula is C11H23NO3S. The summed E-state index contributed by atoms with van der Waals surface area (Å²) >= 11 is 0. The fourth-order valence-corrected chi connectivity index (χ4v) is 3.14. The van der Waals surface area contributed by atoms with Crippen LogP contribution in [-0.2, 0) is 14.6 Å².